The van der Waals surface area contributed by atoms with Crippen LogP contribution in [0.25, 0.3) is 0 Å². The van der Waals surface area contributed by atoms with E-state index >= 15 is 0 Å². The topological polar surface area (TPSA) is 42.0 Å². The van der Waals surface area contributed by atoms with Crippen molar-refractivity contribution in [3.8, 4) is 0 Å². The molecule has 2 aromatic rings. The number of rotatable bonds is 2. The van der Waals surface area contributed by atoms with E-state index in [0.29, 0.717) is 5.13 Å². The summed E-state index contributed by atoms with van der Waals surface area (Å²) in [5, 5.41) is 3.40. The summed E-state index contributed by atoms with van der Waals surface area (Å²) in [5.41, 5.74) is 2.66. The average molecular weight is 311 g/mol. The lowest BCUT2D eigenvalue weighted by Crippen LogP contribution is -2.14. The molecule has 0 bridgehead atoms. The number of carbonyl (C=O) groups excluding carboxylic acids is 1. The van der Waals surface area contributed by atoms with Gasteiger partial charge in [-0.2, -0.15) is 0 Å². The van der Waals surface area contributed by atoms with Crippen molar-refractivity contribution in [2.45, 2.75) is 13.8 Å². The first-order chi connectivity index (χ1) is 8.08. The molecule has 88 valence electrons. The molecule has 5 heteroatoms. The number of amides is 1. The van der Waals surface area contributed by atoms with E-state index in [1.807, 2.05) is 32.0 Å². The van der Waals surface area contributed by atoms with Crippen LogP contribution in [0.15, 0.2) is 28.2 Å². The minimum atomic E-state index is -0.109. The zero-order valence-corrected chi connectivity index (χ0v) is 11.9. The molecule has 17 heavy (non-hydrogen) atoms. The number of aryl methyl sites for hydroxylation is 2. The van der Waals surface area contributed by atoms with E-state index in [-0.39, 0.29) is 5.91 Å². The molecule has 0 saturated carbocycles. The zero-order chi connectivity index (χ0) is 12.4. The van der Waals surface area contributed by atoms with Crippen molar-refractivity contribution in [1.29, 1.82) is 0 Å². The highest BCUT2D eigenvalue weighted by atomic mass is 79.9. The van der Waals surface area contributed by atoms with Gasteiger partial charge in [-0.25, -0.2) is 4.98 Å². The van der Waals surface area contributed by atoms with Crippen molar-refractivity contribution in [3.05, 3.63) is 44.9 Å². The van der Waals surface area contributed by atoms with Crippen molar-refractivity contribution in [2.24, 2.45) is 0 Å². The third kappa shape index (κ3) is 2.73. The number of halogens is 1. The lowest BCUT2D eigenvalue weighted by molar-refractivity contribution is 0.102. The van der Waals surface area contributed by atoms with Gasteiger partial charge in [-0.3, -0.25) is 10.1 Å². The van der Waals surface area contributed by atoms with Gasteiger partial charge in [-0.15, -0.1) is 0 Å². The molecule has 1 amide bonds. The predicted octanol–water partition coefficient (Wildman–Crippen LogP) is 3.77. The Hall–Kier alpha value is -1.20. The Morgan fingerprint density at radius 3 is 2.53 bits per heavy atom. The lowest BCUT2D eigenvalue weighted by atomic mass is 10.0. The fourth-order valence-electron chi connectivity index (χ4n) is 1.64. The lowest BCUT2D eigenvalue weighted by Gasteiger charge is -2.08. The van der Waals surface area contributed by atoms with Gasteiger partial charge in [0.2, 0.25) is 0 Å². The zero-order valence-electron chi connectivity index (χ0n) is 9.45. The first kappa shape index (κ1) is 12.3. The van der Waals surface area contributed by atoms with E-state index in [4.69, 9.17) is 0 Å². The minimum Gasteiger partial charge on any atom is -0.298 e. The number of benzene rings is 1. The molecule has 0 atom stereocenters. The van der Waals surface area contributed by atoms with Crippen LogP contribution in [0.1, 0.15) is 21.5 Å². The Labute approximate surface area is 112 Å². The number of nitrogens with one attached hydrogen (secondary N) is 1. The second-order valence-corrected chi connectivity index (χ2v) is 6.10. The molecule has 2 rings (SSSR count). The van der Waals surface area contributed by atoms with Gasteiger partial charge >= 0.3 is 0 Å². The van der Waals surface area contributed by atoms with Crippen LogP contribution in [-0.4, -0.2) is 10.9 Å². The molecule has 0 saturated heterocycles. The van der Waals surface area contributed by atoms with Gasteiger partial charge in [-0.05, 0) is 40.9 Å². The van der Waals surface area contributed by atoms with Crippen LogP contribution in [0.4, 0.5) is 5.13 Å². The van der Waals surface area contributed by atoms with Gasteiger partial charge < -0.3 is 0 Å². The summed E-state index contributed by atoms with van der Waals surface area (Å²) in [6.07, 6.45) is 1.67. The maximum absolute atomic E-state index is 12.1. The predicted molar refractivity (Wildman–Crippen MR) is 73.7 cm³/mol. The average Bonchev–Trinajstić information content (AvgIpc) is 2.63. The second kappa shape index (κ2) is 4.98. The quantitative estimate of drug-likeness (QED) is 0.917. The van der Waals surface area contributed by atoms with E-state index in [0.717, 1.165) is 20.5 Å². The number of hydrogen-bond acceptors (Lipinski definition) is 3. The Bertz CT molecular complexity index is 545. The summed E-state index contributed by atoms with van der Waals surface area (Å²) < 4.78 is 0.898. The standard InChI is InChI=1S/C12H11BrN2OS/c1-7-4-3-5-8(2)10(7)11(16)15-12-14-6-9(13)17-12/h3-6H,1-2H3,(H,14,15,16). The van der Waals surface area contributed by atoms with Crippen molar-refractivity contribution >= 4 is 38.3 Å². The van der Waals surface area contributed by atoms with Crippen molar-refractivity contribution in [1.82, 2.24) is 4.98 Å². The van der Waals surface area contributed by atoms with Gasteiger partial charge in [0.05, 0.1) is 9.98 Å². The molecular formula is C12H11BrN2OS. The number of hydrogen-bond donors (Lipinski definition) is 1. The number of anilines is 1. The van der Waals surface area contributed by atoms with E-state index in [2.05, 4.69) is 26.2 Å². The van der Waals surface area contributed by atoms with Crippen LogP contribution in [-0.2, 0) is 0 Å². The van der Waals surface area contributed by atoms with Gasteiger partial charge in [0.1, 0.15) is 0 Å². The number of thiazole rings is 1. The molecule has 1 aromatic carbocycles. The smallest absolute Gasteiger partial charge is 0.257 e. The van der Waals surface area contributed by atoms with Gasteiger partial charge in [0.15, 0.2) is 5.13 Å². The van der Waals surface area contributed by atoms with E-state index in [1.54, 1.807) is 6.20 Å². The number of carbonyl (C=O) groups is 1. The fraction of sp³-hybridized carbons (Fsp3) is 0.167. The maximum atomic E-state index is 12.1. The van der Waals surface area contributed by atoms with Crippen LogP contribution in [0, 0.1) is 13.8 Å². The summed E-state index contributed by atoms with van der Waals surface area (Å²) in [7, 11) is 0. The Morgan fingerprint density at radius 2 is 2.00 bits per heavy atom. The monoisotopic (exact) mass is 310 g/mol. The van der Waals surface area contributed by atoms with Crippen LogP contribution < -0.4 is 5.32 Å². The number of nitrogens with zero attached hydrogens (tertiary/aromatic N) is 1. The van der Waals surface area contributed by atoms with Gasteiger partial charge in [-0.1, -0.05) is 29.5 Å². The van der Waals surface area contributed by atoms with Gasteiger partial charge in [0.25, 0.3) is 5.91 Å². The fourth-order valence-corrected chi connectivity index (χ4v) is 2.75. The highest BCUT2D eigenvalue weighted by Gasteiger charge is 2.13. The molecule has 0 aliphatic carbocycles. The first-order valence-corrected chi connectivity index (χ1v) is 6.68. The Kier molecular flexibility index (Phi) is 3.59. The Morgan fingerprint density at radius 1 is 1.35 bits per heavy atom. The van der Waals surface area contributed by atoms with Gasteiger partial charge in [0, 0.05) is 5.56 Å². The molecule has 0 unspecified atom stereocenters. The number of aromatic nitrogens is 1. The summed E-state index contributed by atoms with van der Waals surface area (Å²) in [6.45, 7) is 3.86. The SMILES string of the molecule is Cc1cccc(C)c1C(=O)Nc1ncc(Br)s1. The van der Waals surface area contributed by atoms with Crippen LogP contribution in [0.3, 0.4) is 0 Å². The summed E-state index contributed by atoms with van der Waals surface area (Å²) >= 11 is 4.71. The molecule has 0 fully saturated rings. The van der Waals surface area contributed by atoms with Crippen molar-refractivity contribution in [3.63, 3.8) is 0 Å². The normalized spacial score (nSPS) is 10.3. The molecule has 0 radical (unpaired) electrons. The third-order valence-electron chi connectivity index (χ3n) is 2.41. The molecule has 1 heterocycles. The van der Waals surface area contributed by atoms with E-state index in [1.165, 1.54) is 11.3 Å². The minimum absolute atomic E-state index is 0.109. The molecular weight excluding hydrogens is 300 g/mol. The molecule has 3 nitrogen and oxygen atoms in total. The van der Waals surface area contributed by atoms with Crippen molar-refractivity contribution in [2.75, 3.05) is 5.32 Å². The molecule has 0 aliphatic rings. The molecule has 1 N–H and O–H groups in total. The van der Waals surface area contributed by atoms with Crippen LogP contribution in [0.2, 0.25) is 0 Å². The Balaban J connectivity index is 2.26. The largest absolute Gasteiger partial charge is 0.298 e. The highest BCUT2D eigenvalue weighted by molar-refractivity contribution is 9.11. The van der Waals surface area contributed by atoms with Crippen molar-refractivity contribution < 1.29 is 4.79 Å². The summed E-state index contributed by atoms with van der Waals surface area (Å²) in [6, 6.07) is 5.81. The van der Waals surface area contributed by atoms with E-state index < -0.39 is 0 Å². The van der Waals surface area contributed by atoms with Crippen LogP contribution in [0.5, 0.6) is 0 Å². The maximum Gasteiger partial charge on any atom is 0.257 e. The van der Waals surface area contributed by atoms with E-state index in [9.17, 15) is 4.79 Å². The molecule has 0 spiro atoms. The first-order valence-electron chi connectivity index (χ1n) is 5.07. The molecule has 0 aliphatic heterocycles. The second-order valence-electron chi connectivity index (χ2n) is 3.69. The third-order valence-corrected chi connectivity index (χ3v) is 3.80. The summed E-state index contributed by atoms with van der Waals surface area (Å²) in [5.74, 6) is -0.109. The summed E-state index contributed by atoms with van der Waals surface area (Å²) in [4.78, 5) is 16.2. The van der Waals surface area contributed by atoms with Crippen LogP contribution >= 0.6 is 27.3 Å². The molecule has 1 aromatic heterocycles. The highest BCUT2D eigenvalue weighted by Crippen LogP contribution is 2.24.